The summed E-state index contributed by atoms with van der Waals surface area (Å²) in [6, 6.07) is 12.5. The van der Waals surface area contributed by atoms with Gasteiger partial charge >= 0.3 is 5.97 Å². The lowest BCUT2D eigenvalue weighted by Crippen LogP contribution is -2.39. The number of hydrogen-bond donors (Lipinski definition) is 1. The predicted octanol–water partition coefficient (Wildman–Crippen LogP) is 1.35. The third-order valence-electron chi connectivity index (χ3n) is 3.80. The Morgan fingerprint density at radius 1 is 1.00 bits per heavy atom. The minimum absolute atomic E-state index is 0.0382. The van der Waals surface area contributed by atoms with Gasteiger partial charge in [0.2, 0.25) is 20.0 Å². The van der Waals surface area contributed by atoms with Crippen molar-refractivity contribution >= 4 is 26.0 Å². The molecule has 0 amide bonds. The molecule has 28 heavy (non-hydrogen) atoms. The molecule has 1 N–H and O–H groups in total. The fraction of sp³-hybridized carbons (Fsp3) is 0.278. The standard InChI is InChI=1S/C18H22N2O6S2/c1-14(19-27(22,23)16-9-5-4-6-10-16)18(21)26-13-15-8-7-11-17(12-15)28(24,25)20(2)3/h4-12,14,19H,13H2,1-3H3. The Hall–Kier alpha value is -2.27. The lowest BCUT2D eigenvalue weighted by molar-refractivity contribution is -0.146. The molecule has 0 bridgehead atoms. The summed E-state index contributed by atoms with van der Waals surface area (Å²) in [6.45, 7) is 1.18. The summed E-state index contributed by atoms with van der Waals surface area (Å²) in [7, 11) is -4.63. The Balaban J connectivity index is 2.02. The molecule has 10 heteroatoms. The second-order valence-corrected chi connectivity index (χ2v) is 10.1. The fourth-order valence-electron chi connectivity index (χ4n) is 2.23. The van der Waals surface area contributed by atoms with Crippen LogP contribution < -0.4 is 4.72 Å². The molecule has 0 fully saturated rings. The Kier molecular flexibility index (Phi) is 6.94. The van der Waals surface area contributed by atoms with Gasteiger partial charge in [0.15, 0.2) is 0 Å². The van der Waals surface area contributed by atoms with Crippen LogP contribution in [0.1, 0.15) is 12.5 Å². The first-order valence-corrected chi connectivity index (χ1v) is 11.2. The molecule has 0 aliphatic carbocycles. The number of benzene rings is 2. The minimum atomic E-state index is -3.86. The van der Waals surface area contributed by atoms with E-state index in [1.54, 1.807) is 30.3 Å². The average molecular weight is 427 g/mol. The minimum Gasteiger partial charge on any atom is -0.460 e. The number of hydrogen-bond acceptors (Lipinski definition) is 6. The lowest BCUT2D eigenvalue weighted by Gasteiger charge is -2.15. The van der Waals surface area contributed by atoms with Crippen molar-refractivity contribution in [2.45, 2.75) is 29.4 Å². The van der Waals surface area contributed by atoms with Crippen molar-refractivity contribution in [3.63, 3.8) is 0 Å². The molecule has 152 valence electrons. The molecule has 0 aliphatic heterocycles. The molecule has 8 nitrogen and oxygen atoms in total. The van der Waals surface area contributed by atoms with E-state index in [1.165, 1.54) is 45.3 Å². The van der Waals surface area contributed by atoms with Gasteiger partial charge in [-0.15, -0.1) is 0 Å². The van der Waals surface area contributed by atoms with E-state index in [9.17, 15) is 21.6 Å². The quantitative estimate of drug-likeness (QED) is 0.638. The van der Waals surface area contributed by atoms with Crippen LogP contribution in [0, 0.1) is 0 Å². The average Bonchev–Trinajstić information content (AvgIpc) is 2.66. The van der Waals surface area contributed by atoms with E-state index in [4.69, 9.17) is 4.74 Å². The molecule has 1 unspecified atom stereocenters. The first-order valence-electron chi connectivity index (χ1n) is 8.29. The van der Waals surface area contributed by atoms with Gasteiger partial charge in [-0.25, -0.2) is 21.1 Å². The predicted molar refractivity (Wildman–Crippen MR) is 103 cm³/mol. The lowest BCUT2D eigenvalue weighted by atomic mass is 10.2. The molecule has 0 saturated heterocycles. The highest BCUT2D eigenvalue weighted by atomic mass is 32.2. The highest BCUT2D eigenvalue weighted by molar-refractivity contribution is 7.89. The molecule has 0 radical (unpaired) electrons. The monoisotopic (exact) mass is 426 g/mol. The SMILES string of the molecule is CC(NS(=O)(=O)c1ccccc1)C(=O)OCc1cccc(S(=O)(=O)N(C)C)c1. The van der Waals surface area contributed by atoms with Crippen LogP contribution in [0.2, 0.25) is 0 Å². The molecule has 0 heterocycles. The maximum atomic E-state index is 12.2. The number of nitrogens with one attached hydrogen (secondary N) is 1. The van der Waals surface area contributed by atoms with Gasteiger partial charge in [0.05, 0.1) is 9.79 Å². The highest BCUT2D eigenvalue weighted by Gasteiger charge is 2.23. The second kappa shape index (κ2) is 8.82. The molecule has 2 aromatic rings. The van der Waals surface area contributed by atoms with Gasteiger partial charge < -0.3 is 4.74 Å². The van der Waals surface area contributed by atoms with E-state index in [-0.39, 0.29) is 16.4 Å². The molecule has 0 aliphatic rings. The number of sulfonamides is 2. The summed E-state index contributed by atoms with van der Waals surface area (Å²) in [5.74, 6) is -0.777. The van der Waals surface area contributed by atoms with E-state index in [1.807, 2.05) is 0 Å². The molecule has 2 aromatic carbocycles. The number of carbonyl (C=O) groups is 1. The molecular weight excluding hydrogens is 404 g/mol. The zero-order chi connectivity index (χ0) is 20.9. The van der Waals surface area contributed by atoms with Gasteiger partial charge in [-0.1, -0.05) is 30.3 Å². The molecule has 0 aromatic heterocycles. The largest absolute Gasteiger partial charge is 0.460 e. The van der Waals surface area contributed by atoms with Crippen molar-refractivity contribution in [3.05, 3.63) is 60.2 Å². The van der Waals surface area contributed by atoms with Crippen molar-refractivity contribution in [2.75, 3.05) is 14.1 Å². The van der Waals surface area contributed by atoms with E-state index >= 15 is 0 Å². The van der Waals surface area contributed by atoms with Crippen LogP contribution in [0.15, 0.2) is 64.4 Å². The van der Waals surface area contributed by atoms with Crippen LogP contribution in [-0.2, 0) is 36.2 Å². The Morgan fingerprint density at radius 2 is 1.61 bits per heavy atom. The summed E-state index contributed by atoms with van der Waals surface area (Å²) in [5.41, 5.74) is 0.467. The first kappa shape index (κ1) is 22.0. The van der Waals surface area contributed by atoms with Crippen molar-refractivity contribution in [1.82, 2.24) is 9.03 Å². The molecular formula is C18H22N2O6S2. The highest BCUT2D eigenvalue weighted by Crippen LogP contribution is 2.16. The van der Waals surface area contributed by atoms with E-state index in [2.05, 4.69) is 4.72 Å². The summed E-state index contributed by atoms with van der Waals surface area (Å²) in [6.07, 6.45) is 0. The van der Waals surface area contributed by atoms with Crippen LogP contribution in [0.4, 0.5) is 0 Å². The van der Waals surface area contributed by atoms with Crippen molar-refractivity contribution in [2.24, 2.45) is 0 Å². The van der Waals surface area contributed by atoms with Crippen molar-refractivity contribution in [1.29, 1.82) is 0 Å². The van der Waals surface area contributed by atoms with Gasteiger partial charge in [-0.05, 0) is 36.8 Å². The summed E-state index contributed by atoms with van der Waals surface area (Å²) >= 11 is 0. The van der Waals surface area contributed by atoms with Crippen LogP contribution in [0.5, 0.6) is 0 Å². The first-order chi connectivity index (χ1) is 13.0. The van der Waals surface area contributed by atoms with Crippen LogP contribution >= 0.6 is 0 Å². The van der Waals surface area contributed by atoms with Gasteiger partial charge in [0.25, 0.3) is 0 Å². The molecule has 1 atom stereocenters. The zero-order valence-corrected chi connectivity index (χ0v) is 17.3. The van der Waals surface area contributed by atoms with Gasteiger partial charge in [0.1, 0.15) is 12.6 Å². The Bertz CT molecular complexity index is 1030. The Morgan fingerprint density at radius 3 is 2.21 bits per heavy atom. The van der Waals surface area contributed by atoms with E-state index < -0.39 is 32.1 Å². The van der Waals surface area contributed by atoms with Crippen LogP contribution in [0.3, 0.4) is 0 Å². The Labute approximate surface area is 165 Å². The van der Waals surface area contributed by atoms with Gasteiger partial charge in [0, 0.05) is 14.1 Å². The normalized spacial score (nSPS) is 13.3. The molecule has 0 saturated carbocycles. The topological polar surface area (TPSA) is 110 Å². The zero-order valence-electron chi connectivity index (χ0n) is 15.7. The summed E-state index contributed by atoms with van der Waals surface area (Å²) in [5, 5.41) is 0. The number of nitrogens with zero attached hydrogens (tertiary/aromatic N) is 1. The van der Waals surface area contributed by atoms with Crippen molar-refractivity contribution < 1.29 is 26.4 Å². The molecule has 0 spiro atoms. The van der Waals surface area contributed by atoms with Crippen molar-refractivity contribution in [3.8, 4) is 0 Å². The van der Waals surface area contributed by atoms with Gasteiger partial charge in [-0.2, -0.15) is 4.72 Å². The fourth-order valence-corrected chi connectivity index (χ4v) is 4.42. The number of rotatable bonds is 8. The second-order valence-electron chi connectivity index (χ2n) is 6.20. The van der Waals surface area contributed by atoms with E-state index in [0.717, 1.165) is 4.31 Å². The van der Waals surface area contributed by atoms with E-state index in [0.29, 0.717) is 5.56 Å². The maximum Gasteiger partial charge on any atom is 0.324 e. The number of ether oxygens (including phenoxy) is 1. The molecule has 2 rings (SSSR count). The summed E-state index contributed by atoms with van der Waals surface area (Å²) < 4.78 is 57.3. The third kappa shape index (κ3) is 5.38. The maximum absolute atomic E-state index is 12.2. The number of esters is 1. The summed E-state index contributed by atoms with van der Waals surface area (Å²) in [4.78, 5) is 12.3. The van der Waals surface area contributed by atoms with Crippen LogP contribution in [-0.4, -0.2) is 47.2 Å². The smallest absolute Gasteiger partial charge is 0.324 e. The van der Waals surface area contributed by atoms with Crippen LogP contribution in [0.25, 0.3) is 0 Å². The third-order valence-corrected chi connectivity index (χ3v) is 7.16. The van der Waals surface area contributed by atoms with Gasteiger partial charge in [-0.3, -0.25) is 4.79 Å². The number of carbonyl (C=O) groups excluding carboxylic acids is 1.